The third-order valence-corrected chi connectivity index (χ3v) is 4.56. The molecule has 2 rings (SSSR count). The third kappa shape index (κ3) is 3.77. The Hall–Kier alpha value is -2.75. The highest BCUT2D eigenvalue weighted by Crippen LogP contribution is 2.18. The number of carbonyl (C=O) groups excluding carboxylic acids is 2. The molecule has 7 nitrogen and oxygen atoms in total. The molecule has 2 aromatic rings. The van der Waals surface area contributed by atoms with Gasteiger partial charge in [-0.05, 0) is 18.2 Å². The Morgan fingerprint density at radius 3 is 2.67 bits per heavy atom. The Labute approximate surface area is 135 Å². The first-order valence-corrected chi connectivity index (χ1v) is 8.13. The lowest BCUT2D eigenvalue weighted by atomic mass is 10.3. The second kappa shape index (κ2) is 6.79. The molecule has 0 bridgehead atoms. The van der Waals surface area contributed by atoms with Crippen molar-refractivity contribution in [1.29, 1.82) is 0 Å². The molecule has 2 N–H and O–H groups in total. The van der Waals surface area contributed by atoms with E-state index in [0.717, 1.165) is 37.6 Å². The number of esters is 1. The number of benzene rings is 1. The van der Waals surface area contributed by atoms with Crippen molar-refractivity contribution in [2.45, 2.75) is 4.90 Å². The summed E-state index contributed by atoms with van der Waals surface area (Å²) in [5.41, 5.74) is -0.577. The maximum atomic E-state index is 13.5. The monoisotopic (exact) mass is 358 g/mol. The number of H-pyrrole nitrogens is 1. The van der Waals surface area contributed by atoms with Crippen molar-refractivity contribution in [2.75, 3.05) is 18.2 Å². The fourth-order valence-corrected chi connectivity index (χ4v) is 2.94. The zero-order chi connectivity index (χ0) is 17.9. The normalized spacial score (nSPS) is 11.1. The van der Waals surface area contributed by atoms with Crippen molar-refractivity contribution >= 4 is 27.4 Å². The van der Waals surface area contributed by atoms with Crippen LogP contribution in [0.15, 0.2) is 35.4 Å². The Bertz CT molecular complexity index is 892. The lowest BCUT2D eigenvalue weighted by Gasteiger charge is -2.06. The van der Waals surface area contributed by atoms with Gasteiger partial charge in [0, 0.05) is 6.20 Å². The van der Waals surface area contributed by atoms with Gasteiger partial charge in [0.15, 0.2) is 21.5 Å². The zero-order valence-corrected chi connectivity index (χ0v) is 13.1. The molecular weight excluding hydrogens is 346 g/mol. The average molecular weight is 358 g/mol. The number of hydrogen-bond donors (Lipinski definition) is 2. The van der Waals surface area contributed by atoms with E-state index in [1.54, 1.807) is 0 Å². The van der Waals surface area contributed by atoms with Crippen molar-refractivity contribution < 1.29 is 31.5 Å². The lowest BCUT2D eigenvalue weighted by Crippen LogP contribution is -2.23. The summed E-state index contributed by atoms with van der Waals surface area (Å²) in [7, 11) is -2.97. The molecule has 128 valence electrons. The van der Waals surface area contributed by atoms with Crippen LogP contribution < -0.4 is 5.32 Å². The highest BCUT2D eigenvalue weighted by Gasteiger charge is 2.23. The molecule has 1 heterocycles. The van der Waals surface area contributed by atoms with Crippen molar-refractivity contribution in [3.05, 3.63) is 47.8 Å². The quantitative estimate of drug-likeness (QED) is 0.788. The topological polar surface area (TPSA) is 105 Å². The van der Waals surface area contributed by atoms with Gasteiger partial charge in [-0.15, -0.1) is 0 Å². The van der Waals surface area contributed by atoms with E-state index in [4.69, 9.17) is 0 Å². The van der Waals surface area contributed by atoms with E-state index >= 15 is 0 Å². The first-order valence-electron chi connectivity index (χ1n) is 6.48. The average Bonchev–Trinajstić information content (AvgIpc) is 3.01. The number of sulfone groups is 1. The fourth-order valence-electron chi connectivity index (χ4n) is 1.82. The summed E-state index contributed by atoms with van der Waals surface area (Å²) >= 11 is 0. The molecule has 0 saturated heterocycles. The van der Waals surface area contributed by atoms with Crippen LogP contribution in [0.2, 0.25) is 0 Å². The number of hydrogen-bond acceptors (Lipinski definition) is 5. The van der Waals surface area contributed by atoms with Crippen LogP contribution in [0.25, 0.3) is 0 Å². The lowest BCUT2D eigenvalue weighted by molar-refractivity contribution is -0.113. The van der Waals surface area contributed by atoms with Crippen LogP contribution >= 0.6 is 0 Å². The summed E-state index contributed by atoms with van der Waals surface area (Å²) in [4.78, 5) is 25.2. The number of rotatable bonds is 5. The molecule has 10 heteroatoms. The summed E-state index contributed by atoms with van der Waals surface area (Å²) < 4.78 is 55.1. The van der Waals surface area contributed by atoms with Gasteiger partial charge in [-0.1, -0.05) is 6.07 Å². The first kappa shape index (κ1) is 17.6. The Kier molecular flexibility index (Phi) is 4.98. The molecule has 24 heavy (non-hydrogen) atoms. The van der Waals surface area contributed by atoms with Gasteiger partial charge in [-0.3, -0.25) is 4.79 Å². The SMILES string of the molecule is COC(=O)c1cc(S(=O)(=O)CC(=O)Nc2cccc(F)c2F)c[nH]1. The molecule has 0 unspecified atom stereocenters. The second-order valence-corrected chi connectivity index (χ2v) is 6.64. The van der Waals surface area contributed by atoms with Crippen molar-refractivity contribution in [2.24, 2.45) is 0 Å². The van der Waals surface area contributed by atoms with E-state index in [-0.39, 0.29) is 10.6 Å². The molecule has 1 aromatic heterocycles. The summed E-state index contributed by atoms with van der Waals surface area (Å²) in [6, 6.07) is 4.12. The minimum atomic E-state index is -4.09. The first-order chi connectivity index (χ1) is 11.2. The number of aromatic nitrogens is 1. The van der Waals surface area contributed by atoms with E-state index < -0.39 is 44.8 Å². The van der Waals surface area contributed by atoms with Crippen molar-refractivity contribution in [3.63, 3.8) is 0 Å². The number of methoxy groups -OCH3 is 1. The Morgan fingerprint density at radius 1 is 1.29 bits per heavy atom. The largest absolute Gasteiger partial charge is 0.464 e. The second-order valence-electron chi connectivity index (χ2n) is 4.65. The number of nitrogens with one attached hydrogen (secondary N) is 2. The minimum absolute atomic E-state index is 0.104. The van der Waals surface area contributed by atoms with Gasteiger partial charge < -0.3 is 15.0 Å². The molecule has 0 saturated carbocycles. The van der Waals surface area contributed by atoms with Crippen LogP contribution in [0.5, 0.6) is 0 Å². The Balaban J connectivity index is 2.14. The highest BCUT2D eigenvalue weighted by atomic mass is 32.2. The van der Waals surface area contributed by atoms with Crippen LogP contribution in [-0.2, 0) is 19.4 Å². The van der Waals surface area contributed by atoms with Crippen molar-refractivity contribution in [3.8, 4) is 0 Å². The van der Waals surface area contributed by atoms with Crippen LogP contribution in [0.3, 0.4) is 0 Å². The molecule has 0 spiro atoms. The summed E-state index contributed by atoms with van der Waals surface area (Å²) in [5, 5.41) is 1.98. The van der Waals surface area contributed by atoms with Gasteiger partial charge in [-0.25, -0.2) is 22.0 Å². The third-order valence-electron chi connectivity index (χ3n) is 2.97. The molecule has 0 radical (unpaired) electrons. The molecule has 0 aliphatic rings. The molecule has 1 aromatic carbocycles. The standard InChI is InChI=1S/C14H12F2N2O5S/c1-23-14(20)11-5-8(6-17-11)24(21,22)7-12(19)18-10-4-2-3-9(15)13(10)16/h2-6,17H,7H2,1H3,(H,18,19). The molecule has 0 fully saturated rings. The predicted molar refractivity (Wildman–Crippen MR) is 79.2 cm³/mol. The van der Waals surface area contributed by atoms with Crippen LogP contribution in [0.1, 0.15) is 10.5 Å². The van der Waals surface area contributed by atoms with E-state index in [0.29, 0.717) is 0 Å². The molecule has 1 amide bonds. The Morgan fingerprint density at radius 2 is 2.00 bits per heavy atom. The van der Waals surface area contributed by atoms with E-state index in [2.05, 4.69) is 9.72 Å². The highest BCUT2D eigenvalue weighted by molar-refractivity contribution is 7.92. The summed E-state index contributed by atoms with van der Waals surface area (Å²) in [6.45, 7) is 0. The van der Waals surface area contributed by atoms with Gasteiger partial charge in [0.2, 0.25) is 5.91 Å². The number of anilines is 1. The molecule has 0 atom stereocenters. The number of aromatic amines is 1. The van der Waals surface area contributed by atoms with E-state index in [9.17, 15) is 26.8 Å². The zero-order valence-electron chi connectivity index (χ0n) is 12.3. The fraction of sp³-hybridized carbons (Fsp3) is 0.143. The smallest absolute Gasteiger partial charge is 0.354 e. The van der Waals surface area contributed by atoms with Gasteiger partial charge >= 0.3 is 5.97 Å². The summed E-state index contributed by atoms with van der Waals surface area (Å²) in [5.74, 6) is -5.31. The van der Waals surface area contributed by atoms with Crippen LogP contribution in [0.4, 0.5) is 14.5 Å². The van der Waals surface area contributed by atoms with Crippen LogP contribution in [-0.4, -0.2) is 38.1 Å². The van der Waals surface area contributed by atoms with Crippen LogP contribution in [0, 0.1) is 11.6 Å². The van der Waals surface area contributed by atoms with E-state index in [1.165, 1.54) is 0 Å². The molecule has 0 aliphatic heterocycles. The number of halogens is 2. The number of carbonyl (C=O) groups is 2. The van der Waals surface area contributed by atoms with E-state index in [1.807, 2.05) is 5.32 Å². The molecule has 0 aliphatic carbocycles. The number of ether oxygens (including phenoxy) is 1. The van der Waals surface area contributed by atoms with Gasteiger partial charge in [0.1, 0.15) is 11.4 Å². The maximum absolute atomic E-state index is 13.5. The van der Waals surface area contributed by atoms with Crippen molar-refractivity contribution in [1.82, 2.24) is 4.98 Å². The maximum Gasteiger partial charge on any atom is 0.354 e. The predicted octanol–water partition coefficient (Wildman–Crippen LogP) is 1.49. The van der Waals surface area contributed by atoms with Gasteiger partial charge in [0.25, 0.3) is 0 Å². The number of amides is 1. The minimum Gasteiger partial charge on any atom is -0.464 e. The van der Waals surface area contributed by atoms with Gasteiger partial charge in [-0.2, -0.15) is 0 Å². The summed E-state index contributed by atoms with van der Waals surface area (Å²) in [6.07, 6.45) is 1.03. The van der Waals surface area contributed by atoms with Gasteiger partial charge in [0.05, 0.1) is 17.7 Å². The molecular formula is C14H12F2N2O5S.